The Labute approximate surface area is 196 Å². The first kappa shape index (κ1) is 26.7. The van der Waals surface area contributed by atoms with E-state index in [1.165, 1.54) is 6.26 Å². The van der Waals surface area contributed by atoms with Crippen LogP contribution in [0.5, 0.6) is 0 Å². The first-order valence-corrected chi connectivity index (χ1v) is 11.8. The van der Waals surface area contributed by atoms with Gasteiger partial charge in [0.15, 0.2) is 11.7 Å². The number of furan rings is 1. The molecule has 0 atom stereocenters. The predicted octanol–water partition coefficient (Wildman–Crippen LogP) is 1.70. The standard InChI is InChI=1S/C19H33N5O4S.HI/c1-4-14-29(26,27)24-11-6-16(7-12-24)23-19(20-3)22-10-5-9-21-18(25)17-15(2)8-13-28-17;/h8,13,16H,4-7,9-12,14H2,1-3H3,(H,21,25)(H2,20,22,23);1H. The minimum atomic E-state index is -3.12. The number of piperidine rings is 1. The Morgan fingerprint density at radius 2 is 1.93 bits per heavy atom. The minimum Gasteiger partial charge on any atom is -0.459 e. The van der Waals surface area contributed by atoms with E-state index in [9.17, 15) is 13.2 Å². The van der Waals surface area contributed by atoms with Gasteiger partial charge in [-0.3, -0.25) is 9.79 Å². The number of hydrogen-bond acceptors (Lipinski definition) is 5. The molecule has 3 N–H and O–H groups in total. The fraction of sp³-hybridized carbons (Fsp3) is 0.684. The molecule has 1 aromatic heterocycles. The molecule has 2 rings (SSSR count). The van der Waals surface area contributed by atoms with Crippen LogP contribution in [0.4, 0.5) is 0 Å². The highest BCUT2D eigenvalue weighted by molar-refractivity contribution is 14.0. The molecule has 0 saturated carbocycles. The van der Waals surface area contributed by atoms with E-state index in [0.29, 0.717) is 44.3 Å². The van der Waals surface area contributed by atoms with Gasteiger partial charge in [-0.15, -0.1) is 24.0 Å². The van der Waals surface area contributed by atoms with Gasteiger partial charge in [-0.1, -0.05) is 6.92 Å². The van der Waals surface area contributed by atoms with Crippen LogP contribution in [0.15, 0.2) is 21.7 Å². The third-order valence-electron chi connectivity index (χ3n) is 4.87. The quantitative estimate of drug-likeness (QED) is 0.185. The van der Waals surface area contributed by atoms with E-state index in [-0.39, 0.29) is 41.7 Å². The highest BCUT2D eigenvalue weighted by atomic mass is 127. The van der Waals surface area contributed by atoms with Crippen LogP contribution in [0.2, 0.25) is 0 Å². The number of aryl methyl sites for hydroxylation is 1. The zero-order chi connectivity index (χ0) is 21.3. The first-order valence-electron chi connectivity index (χ1n) is 10.1. The monoisotopic (exact) mass is 555 g/mol. The maximum Gasteiger partial charge on any atom is 0.287 e. The minimum absolute atomic E-state index is 0. The number of carbonyl (C=O) groups is 1. The molecular formula is C19H34IN5O4S. The number of halogens is 1. The lowest BCUT2D eigenvalue weighted by atomic mass is 10.1. The number of hydrogen-bond donors (Lipinski definition) is 3. The fourth-order valence-corrected chi connectivity index (χ4v) is 4.78. The number of guanidine groups is 1. The topological polar surface area (TPSA) is 116 Å². The maximum absolute atomic E-state index is 12.1. The highest BCUT2D eigenvalue weighted by Gasteiger charge is 2.27. The summed E-state index contributed by atoms with van der Waals surface area (Å²) in [6, 6.07) is 1.95. The molecule has 0 radical (unpaired) electrons. The van der Waals surface area contributed by atoms with Gasteiger partial charge in [-0.25, -0.2) is 12.7 Å². The molecule has 30 heavy (non-hydrogen) atoms. The summed E-state index contributed by atoms with van der Waals surface area (Å²) in [6.07, 6.45) is 4.38. The molecular weight excluding hydrogens is 521 g/mol. The van der Waals surface area contributed by atoms with E-state index in [2.05, 4.69) is 20.9 Å². The molecule has 2 heterocycles. The second kappa shape index (κ2) is 13.2. The second-order valence-electron chi connectivity index (χ2n) is 7.17. The zero-order valence-electron chi connectivity index (χ0n) is 17.9. The molecule has 0 unspecified atom stereocenters. The van der Waals surface area contributed by atoms with E-state index in [1.807, 2.05) is 13.8 Å². The molecule has 1 fully saturated rings. The van der Waals surface area contributed by atoms with Crippen molar-refractivity contribution in [3.63, 3.8) is 0 Å². The molecule has 0 spiro atoms. The van der Waals surface area contributed by atoms with Crippen LogP contribution >= 0.6 is 24.0 Å². The van der Waals surface area contributed by atoms with Gasteiger partial charge in [0.2, 0.25) is 10.0 Å². The number of aliphatic imine (C=N–C) groups is 1. The SMILES string of the molecule is CCCS(=O)(=O)N1CCC(NC(=NC)NCCCNC(=O)c2occc2C)CC1.I. The van der Waals surface area contributed by atoms with Crippen LogP contribution < -0.4 is 16.0 Å². The Bertz CT molecular complexity index is 789. The molecule has 11 heteroatoms. The summed E-state index contributed by atoms with van der Waals surface area (Å²) in [5, 5.41) is 9.42. The molecule has 9 nitrogen and oxygen atoms in total. The van der Waals surface area contributed by atoms with Crippen molar-refractivity contribution < 1.29 is 17.6 Å². The van der Waals surface area contributed by atoms with Crippen molar-refractivity contribution >= 4 is 45.9 Å². The Hall–Kier alpha value is -1.34. The summed E-state index contributed by atoms with van der Waals surface area (Å²) in [5.41, 5.74) is 0.818. The van der Waals surface area contributed by atoms with Gasteiger partial charge in [0, 0.05) is 44.8 Å². The van der Waals surface area contributed by atoms with E-state index in [0.717, 1.165) is 24.8 Å². The van der Waals surface area contributed by atoms with Crippen LogP contribution in [-0.4, -0.2) is 69.6 Å². The van der Waals surface area contributed by atoms with E-state index >= 15 is 0 Å². The number of carbonyl (C=O) groups excluding carboxylic acids is 1. The van der Waals surface area contributed by atoms with Gasteiger partial charge in [-0.05, 0) is 38.7 Å². The second-order valence-corrected chi connectivity index (χ2v) is 9.26. The molecule has 1 amide bonds. The number of sulfonamides is 1. The largest absolute Gasteiger partial charge is 0.459 e. The van der Waals surface area contributed by atoms with Crippen LogP contribution in [0.3, 0.4) is 0 Å². The van der Waals surface area contributed by atoms with Crippen molar-refractivity contribution in [2.45, 2.75) is 45.6 Å². The zero-order valence-corrected chi connectivity index (χ0v) is 21.1. The average Bonchev–Trinajstić information content (AvgIpc) is 3.13. The number of nitrogens with one attached hydrogen (secondary N) is 3. The van der Waals surface area contributed by atoms with E-state index in [1.54, 1.807) is 17.4 Å². The molecule has 1 saturated heterocycles. The molecule has 0 aliphatic carbocycles. The lowest BCUT2D eigenvalue weighted by Gasteiger charge is -2.32. The van der Waals surface area contributed by atoms with Crippen molar-refractivity contribution in [1.82, 2.24) is 20.3 Å². The van der Waals surface area contributed by atoms with Gasteiger partial charge in [0.25, 0.3) is 5.91 Å². The molecule has 172 valence electrons. The van der Waals surface area contributed by atoms with Gasteiger partial charge in [0.05, 0.1) is 12.0 Å². The summed E-state index contributed by atoms with van der Waals surface area (Å²) in [4.78, 5) is 16.2. The fourth-order valence-electron chi connectivity index (χ4n) is 3.24. The smallest absolute Gasteiger partial charge is 0.287 e. The van der Waals surface area contributed by atoms with Gasteiger partial charge < -0.3 is 20.4 Å². The van der Waals surface area contributed by atoms with E-state index in [4.69, 9.17) is 4.42 Å². The Balaban J connectivity index is 0.00000450. The van der Waals surface area contributed by atoms with Crippen LogP contribution in [0.25, 0.3) is 0 Å². The molecule has 0 aromatic carbocycles. The van der Waals surface area contributed by atoms with Crippen LogP contribution in [-0.2, 0) is 10.0 Å². The Morgan fingerprint density at radius 3 is 2.50 bits per heavy atom. The van der Waals surface area contributed by atoms with Gasteiger partial charge in [-0.2, -0.15) is 0 Å². The van der Waals surface area contributed by atoms with E-state index < -0.39 is 10.0 Å². The average molecular weight is 555 g/mol. The molecule has 1 aliphatic heterocycles. The summed E-state index contributed by atoms with van der Waals surface area (Å²) in [7, 11) is -1.41. The van der Waals surface area contributed by atoms with Crippen LogP contribution in [0, 0.1) is 6.92 Å². The lowest BCUT2D eigenvalue weighted by Crippen LogP contribution is -2.50. The summed E-state index contributed by atoms with van der Waals surface area (Å²) in [5.74, 6) is 1.04. The van der Waals surface area contributed by atoms with Crippen molar-refractivity contribution in [3.05, 3.63) is 23.7 Å². The summed E-state index contributed by atoms with van der Waals surface area (Å²) in [6.45, 7) is 5.96. The third kappa shape index (κ3) is 8.06. The first-order chi connectivity index (χ1) is 13.9. The third-order valence-corrected chi connectivity index (χ3v) is 6.95. The maximum atomic E-state index is 12.1. The number of rotatable bonds is 9. The molecule has 1 aromatic rings. The summed E-state index contributed by atoms with van der Waals surface area (Å²) >= 11 is 0. The Kier molecular flexibility index (Phi) is 11.7. The summed E-state index contributed by atoms with van der Waals surface area (Å²) < 4.78 is 31.1. The molecule has 1 aliphatic rings. The molecule has 0 bridgehead atoms. The van der Waals surface area contributed by atoms with Gasteiger partial charge in [0.1, 0.15) is 0 Å². The normalized spacial score (nSPS) is 16.0. The van der Waals surface area contributed by atoms with Crippen molar-refractivity contribution in [2.24, 2.45) is 4.99 Å². The van der Waals surface area contributed by atoms with Crippen LogP contribution in [0.1, 0.15) is 48.7 Å². The van der Waals surface area contributed by atoms with Crippen molar-refractivity contribution in [3.8, 4) is 0 Å². The number of nitrogens with zero attached hydrogens (tertiary/aromatic N) is 2. The number of amides is 1. The lowest BCUT2D eigenvalue weighted by molar-refractivity contribution is 0.0925. The highest BCUT2D eigenvalue weighted by Crippen LogP contribution is 2.15. The predicted molar refractivity (Wildman–Crippen MR) is 129 cm³/mol. The van der Waals surface area contributed by atoms with Gasteiger partial charge >= 0.3 is 0 Å². The van der Waals surface area contributed by atoms with Crippen molar-refractivity contribution in [2.75, 3.05) is 39.0 Å². The van der Waals surface area contributed by atoms with Crippen molar-refractivity contribution in [1.29, 1.82) is 0 Å². The Morgan fingerprint density at radius 1 is 1.27 bits per heavy atom.